The summed E-state index contributed by atoms with van der Waals surface area (Å²) in [6, 6.07) is 7.08. The molecule has 27 heavy (non-hydrogen) atoms. The summed E-state index contributed by atoms with van der Waals surface area (Å²) in [6.45, 7) is 4.36. The van der Waals surface area contributed by atoms with Gasteiger partial charge in [-0.2, -0.15) is 0 Å². The molecule has 0 heterocycles. The van der Waals surface area contributed by atoms with Gasteiger partial charge in [0.2, 0.25) is 5.78 Å². The number of para-hydroxylation sites is 1. The van der Waals surface area contributed by atoms with E-state index < -0.39 is 5.41 Å². The fourth-order valence-corrected chi connectivity index (χ4v) is 3.72. The molecule has 0 unspecified atom stereocenters. The first kappa shape index (κ1) is 19.2. The Labute approximate surface area is 160 Å². The van der Waals surface area contributed by atoms with Gasteiger partial charge in [0.05, 0.1) is 12.7 Å². The summed E-state index contributed by atoms with van der Waals surface area (Å²) in [6.07, 6.45) is 8.73. The van der Waals surface area contributed by atoms with Gasteiger partial charge in [-0.1, -0.05) is 29.9 Å². The molecule has 0 N–H and O–H groups in total. The summed E-state index contributed by atoms with van der Waals surface area (Å²) >= 11 is 0. The molecule has 0 aliphatic heterocycles. The van der Waals surface area contributed by atoms with Crippen LogP contribution in [0.2, 0.25) is 0 Å². The summed E-state index contributed by atoms with van der Waals surface area (Å²) in [7, 11) is 1.53. The van der Waals surface area contributed by atoms with Crippen molar-refractivity contribution >= 4 is 11.6 Å². The minimum absolute atomic E-state index is 0.0975. The van der Waals surface area contributed by atoms with Crippen molar-refractivity contribution in [3.8, 4) is 5.75 Å². The maximum atomic E-state index is 13.4. The van der Waals surface area contributed by atoms with Crippen LogP contribution in [0.1, 0.15) is 49.9 Å². The number of rotatable bonds is 6. The van der Waals surface area contributed by atoms with E-state index in [1.165, 1.54) is 7.11 Å². The lowest BCUT2D eigenvalue weighted by molar-refractivity contribution is -0.125. The van der Waals surface area contributed by atoms with Crippen LogP contribution < -0.4 is 4.74 Å². The minimum atomic E-state index is -0.481. The zero-order chi connectivity index (χ0) is 19.4. The van der Waals surface area contributed by atoms with Crippen molar-refractivity contribution in [2.24, 2.45) is 5.41 Å². The van der Waals surface area contributed by atoms with Crippen LogP contribution in [-0.2, 0) is 9.53 Å². The quantitative estimate of drug-likeness (QED) is 0.412. The van der Waals surface area contributed by atoms with E-state index in [2.05, 4.69) is 0 Å². The molecule has 0 fully saturated rings. The molecule has 4 nitrogen and oxygen atoms in total. The second-order valence-electron chi connectivity index (χ2n) is 7.41. The predicted molar refractivity (Wildman–Crippen MR) is 105 cm³/mol. The number of ether oxygens (including phenoxy) is 2. The first-order chi connectivity index (χ1) is 13.0. The van der Waals surface area contributed by atoms with Crippen LogP contribution in [-0.4, -0.2) is 25.3 Å². The molecule has 0 saturated heterocycles. The van der Waals surface area contributed by atoms with Crippen molar-refractivity contribution in [3.63, 3.8) is 0 Å². The molecule has 4 heteroatoms. The molecule has 0 aromatic heterocycles. The predicted octanol–water partition coefficient (Wildman–Crippen LogP) is 4.81. The van der Waals surface area contributed by atoms with Gasteiger partial charge >= 0.3 is 0 Å². The van der Waals surface area contributed by atoms with Gasteiger partial charge in [-0.05, 0) is 51.3 Å². The summed E-state index contributed by atoms with van der Waals surface area (Å²) < 4.78 is 11.2. The topological polar surface area (TPSA) is 52.6 Å². The number of ketones is 2. The van der Waals surface area contributed by atoms with E-state index in [-0.39, 0.29) is 17.1 Å². The molecule has 2 aliphatic rings. The Bertz CT molecular complexity index is 830. The molecular formula is C23H26O4. The lowest BCUT2D eigenvalue weighted by Gasteiger charge is -2.33. The molecule has 0 amide bonds. The van der Waals surface area contributed by atoms with Gasteiger partial charge in [0.15, 0.2) is 5.78 Å². The summed E-state index contributed by atoms with van der Waals surface area (Å²) in [5.74, 6) is 0.567. The molecule has 1 aromatic rings. The van der Waals surface area contributed by atoms with Crippen molar-refractivity contribution in [1.82, 2.24) is 0 Å². The summed E-state index contributed by atoms with van der Waals surface area (Å²) in [4.78, 5) is 26.7. The normalized spacial score (nSPS) is 18.0. The van der Waals surface area contributed by atoms with Crippen molar-refractivity contribution in [2.45, 2.75) is 39.5 Å². The minimum Gasteiger partial charge on any atom is -0.500 e. The van der Waals surface area contributed by atoms with Gasteiger partial charge in [0.1, 0.15) is 23.7 Å². The second kappa shape index (κ2) is 7.95. The van der Waals surface area contributed by atoms with Crippen LogP contribution in [0.15, 0.2) is 59.4 Å². The maximum absolute atomic E-state index is 13.4. The highest BCUT2D eigenvalue weighted by molar-refractivity contribution is 6.29. The summed E-state index contributed by atoms with van der Waals surface area (Å²) in [5, 5.41) is 0. The first-order valence-electron chi connectivity index (χ1n) is 9.35. The molecule has 0 radical (unpaired) electrons. The van der Waals surface area contributed by atoms with Gasteiger partial charge in [-0.3, -0.25) is 9.59 Å². The zero-order valence-electron chi connectivity index (χ0n) is 16.2. The van der Waals surface area contributed by atoms with E-state index in [0.29, 0.717) is 42.9 Å². The van der Waals surface area contributed by atoms with Crippen LogP contribution in [0.25, 0.3) is 0 Å². The van der Waals surface area contributed by atoms with Gasteiger partial charge in [-0.25, -0.2) is 0 Å². The zero-order valence-corrected chi connectivity index (χ0v) is 16.2. The van der Waals surface area contributed by atoms with E-state index >= 15 is 0 Å². The van der Waals surface area contributed by atoms with E-state index in [4.69, 9.17) is 9.47 Å². The number of carbonyl (C=O) groups is 2. The Morgan fingerprint density at radius 3 is 2.56 bits per heavy atom. The third kappa shape index (κ3) is 3.75. The average Bonchev–Trinajstić information content (AvgIpc) is 3.13. The first-order valence-corrected chi connectivity index (χ1v) is 9.35. The van der Waals surface area contributed by atoms with Crippen LogP contribution in [0, 0.1) is 5.41 Å². The van der Waals surface area contributed by atoms with Crippen LogP contribution >= 0.6 is 0 Å². The highest BCUT2D eigenvalue weighted by Gasteiger charge is 2.46. The smallest absolute Gasteiger partial charge is 0.203 e. The van der Waals surface area contributed by atoms with Crippen molar-refractivity contribution in [3.05, 3.63) is 65.0 Å². The maximum Gasteiger partial charge on any atom is 0.203 e. The SMILES string of the molecule is COC1=C(C(=O)c2ccccc2OCC=C(C)C)C(=O)C2(CC=CC2)CC1. The van der Waals surface area contributed by atoms with Gasteiger partial charge < -0.3 is 9.47 Å². The fraction of sp³-hybridized carbons (Fsp3) is 0.391. The number of allylic oxidation sites excluding steroid dienone is 5. The summed E-state index contributed by atoms with van der Waals surface area (Å²) in [5.41, 5.74) is 1.25. The third-order valence-electron chi connectivity index (χ3n) is 5.34. The highest BCUT2D eigenvalue weighted by Crippen LogP contribution is 2.46. The number of hydrogen-bond donors (Lipinski definition) is 0. The Kier molecular flexibility index (Phi) is 5.64. The number of methoxy groups -OCH3 is 1. The Balaban J connectivity index is 1.95. The number of benzene rings is 1. The van der Waals surface area contributed by atoms with E-state index in [1.54, 1.807) is 18.2 Å². The molecule has 0 saturated carbocycles. The van der Waals surface area contributed by atoms with Crippen molar-refractivity contribution < 1.29 is 19.1 Å². The van der Waals surface area contributed by atoms with Gasteiger partial charge in [0, 0.05) is 11.8 Å². The fourth-order valence-electron chi connectivity index (χ4n) is 3.72. The highest BCUT2D eigenvalue weighted by atomic mass is 16.5. The molecule has 0 bridgehead atoms. The molecule has 2 aliphatic carbocycles. The Morgan fingerprint density at radius 1 is 1.19 bits per heavy atom. The van der Waals surface area contributed by atoms with Gasteiger partial charge in [-0.15, -0.1) is 0 Å². The second-order valence-corrected chi connectivity index (χ2v) is 7.41. The van der Waals surface area contributed by atoms with Crippen LogP contribution in [0.4, 0.5) is 0 Å². The lowest BCUT2D eigenvalue weighted by atomic mass is 9.69. The van der Waals surface area contributed by atoms with Crippen molar-refractivity contribution in [2.75, 3.05) is 13.7 Å². The van der Waals surface area contributed by atoms with Crippen LogP contribution in [0.5, 0.6) is 5.75 Å². The molecule has 0 atom stereocenters. The average molecular weight is 366 g/mol. The van der Waals surface area contributed by atoms with Crippen LogP contribution in [0.3, 0.4) is 0 Å². The molecular weight excluding hydrogens is 340 g/mol. The molecule has 1 aromatic carbocycles. The van der Waals surface area contributed by atoms with E-state index in [0.717, 1.165) is 12.0 Å². The number of carbonyl (C=O) groups excluding carboxylic acids is 2. The van der Waals surface area contributed by atoms with Gasteiger partial charge in [0.25, 0.3) is 0 Å². The van der Waals surface area contributed by atoms with E-state index in [1.807, 2.05) is 38.1 Å². The molecule has 142 valence electrons. The van der Waals surface area contributed by atoms with E-state index in [9.17, 15) is 9.59 Å². The molecule has 1 spiro atoms. The Hall–Kier alpha value is -2.62. The number of hydrogen-bond acceptors (Lipinski definition) is 4. The third-order valence-corrected chi connectivity index (χ3v) is 5.34. The largest absolute Gasteiger partial charge is 0.500 e. The molecule has 3 rings (SSSR count). The standard InChI is InChI=1S/C23H26O4/c1-16(2)11-15-27-18-9-5-4-8-17(18)21(24)20-19(26-3)10-14-23(22(20)25)12-6-7-13-23/h4-9,11H,10,12-15H2,1-3H3. The monoisotopic (exact) mass is 366 g/mol. The lowest BCUT2D eigenvalue weighted by Crippen LogP contribution is -2.37. The Morgan fingerprint density at radius 2 is 1.89 bits per heavy atom. The van der Waals surface area contributed by atoms with Crippen molar-refractivity contribution in [1.29, 1.82) is 0 Å². The number of Topliss-reactive ketones (excluding diaryl/α,β-unsaturated/α-hetero) is 2.